The summed E-state index contributed by atoms with van der Waals surface area (Å²) >= 11 is 1.82. The molecule has 0 unspecified atom stereocenters. The molecule has 1 aromatic heterocycles. The third-order valence-electron chi connectivity index (χ3n) is 4.65. The zero-order chi connectivity index (χ0) is 18.2. The minimum absolute atomic E-state index is 0.999. The topological polar surface area (TPSA) is 16.1 Å². The largest absolute Gasteiger partial charge is 0.339 e. The highest BCUT2D eigenvalue weighted by molar-refractivity contribution is 8.06. The average molecular weight is 365 g/mol. The summed E-state index contributed by atoms with van der Waals surface area (Å²) in [4.78, 5) is 7.14. The zero-order valence-corrected chi connectivity index (χ0v) is 16.6. The number of allylic oxidation sites excluding steroid dienone is 3. The monoisotopic (exact) mass is 364 g/mol. The van der Waals surface area contributed by atoms with Crippen LogP contribution in [0.1, 0.15) is 51.6 Å². The van der Waals surface area contributed by atoms with Crippen LogP contribution in [0.15, 0.2) is 64.7 Å². The molecule has 0 saturated carbocycles. The van der Waals surface area contributed by atoms with Crippen molar-refractivity contribution >= 4 is 28.7 Å². The van der Waals surface area contributed by atoms with E-state index in [0.29, 0.717) is 0 Å². The van der Waals surface area contributed by atoms with Gasteiger partial charge in [-0.05, 0) is 43.0 Å². The van der Waals surface area contributed by atoms with Crippen LogP contribution < -0.4 is 0 Å². The summed E-state index contributed by atoms with van der Waals surface area (Å²) in [7, 11) is 0. The Morgan fingerprint density at radius 1 is 1.04 bits per heavy atom. The molecule has 3 heteroatoms. The van der Waals surface area contributed by atoms with E-state index >= 15 is 0 Å². The van der Waals surface area contributed by atoms with Crippen LogP contribution in [0.2, 0.25) is 0 Å². The molecule has 26 heavy (non-hydrogen) atoms. The number of benzene rings is 1. The van der Waals surface area contributed by atoms with Crippen molar-refractivity contribution in [1.29, 1.82) is 0 Å². The lowest BCUT2D eigenvalue weighted by atomic mass is 10.1. The Labute approximate surface area is 161 Å². The van der Waals surface area contributed by atoms with Crippen LogP contribution in [0.5, 0.6) is 0 Å². The number of para-hydroxylation sites is 1. The molecule has 1 aliphatic rings. The highest BCUT2D eigenvalue weighted by atomic mass is 32.2. The van der Waals surface area contributed by atoms with Gasteiger partial charge in [-0.25, -0.2) is 4.98 Å². The summed E-state index contributed by atoms with van der Waals surface area (Å²) in [5, 5.41) is 4.75. The van der Waals surface area contributed by atoms with E-state index < -0.39 is 0 Å². The molecule has 0 spiro atoms. The summed E-state index contributed by atoms with van der Waals surface area (Å²) in [6.45, 7) is 5.59. The fraction of sp³-hybridized carbons (Fsp3) is 0.348. The first-order valence-corrected chi connectivity index (χ1v) is 10.5. The number of hydrogen-bond donors (Lipinski definition) is 0. The SMILES string of the molecule is CCCCCCCN1C(C)=CSC1=CC=Cc1ccc2ccccc2n1. The van der Waals surface area contributed by atoms with Gasteiger partial charge in [-0.2, -0.15) is 0 Å². The molecule has 0 radical (unpaired) electrons. The Bertz CT molecular complexity index is 820. The number of pyridine rings is 1. The molecule has 0 saturated heterocycles. The lowest BCUT2D eigenvalue weighted by Gasteiger charge is -2.21. The van der Waals surface area contributed by atoms with E-state index in [1.807, 2.05) is 23.9 Å². The second-order valence-electron chi connectivity index (χ2n) is 6.74. The van der Waals surface area contributed by atoms with Gasteiger partial charge in [0.05, 0.1) is 16.2 Å². The van der Waals surface area contributed by atoms with Gasteiger partial charge in [0.2, 0.25) is 0 Å². The second-order valence-corrected chi connectivity index (χ2v) is 7.63. The highest BCUT2D eigenvalue weighted by Crippen LogP contribution is 2.34. The summed E-state index contributed by atoms with van der Waals surface area (Å²) in [5.41, 5.74) is 3.40. The van der Waals surface area contributed by atoms with E-state index in [1.165, 1.54) is 48.2 Å². The quantitative estimate of drug-likeness (QED) is 0.470. The maximum Gasteiger partial charge on any atom is 0.0792 e. The Morgan fingerprint density at radius 3 is 2.77 bits per heavy atom. The molecule has 3 rings (SSSR count). The minimum atomic E-state index is 0.999. The Morgan fingerprint density at radius 2 is 1.88 bits per heavy atom. The Balaban J connectivity index is 1.61. The summed E-state index contributed by atoms with van der Waals surface area (Å²) < 4.78 is 0. The first-order chi connectivity index (χ1) is 12.8. The van der Waals surface area contributed by atoms with Crippen molar-refractivity contribution in [3.63, 3.8) is 0 Å². The Hall–Kier alpha value is -2.00. The van der Waals surface area contributed by atoms with Gasteiger partial charge in [0, 0.05) is 17.6 Å². The van der Waals surface area contributed by atoms with Crippen molar-refractivity contribution in [2.75, 3.05) is 6.54 Å². The van der Waals surface area contributed by atoms with E-state index in [1.54, 1.807) is 0 Å². The normalized spacial score (nSPS) is 16.2. The van der Waals surface area contributed by atoms with Crippen molar-refractivity contribution in [3.8, 4) is 0 Å². The molecule has 1 aliphatic heterocycles. The first-order valence-electron chi connectivity index (χ1n) is 9.63. The molecule has 0 atom stereocenters. The molecule has 1 aromatic carbocycles. The van der Waals surface area contributed by atoms with Gasteiger partial charge in [0.25, 0.3) is 0 Å². The fourth-order valence-electron chi connectivity index (χ4n) is 3.14. The Kier molecular flexibility index (Phi) is 6.96. The molecule has 0 fully saturated rings. The summed E-state index contributed by atoms with van der Waals surface area (Å²) in [6.07, 6.45) is 13.0. The average Bonchev–Trinajstić information content (AvgIpc) is 3.01. The predicted octanol–water partition coefficient (Wildman–Crippen LogP) is 6.97. The van der Waals surface area contributed by atoms with Gasteiger partial charge in [-0.15, -0.1) is 0 Å². The summed E-state index contributed by atoms with van der Waals surface area (Å²) in [5.74, 6) is 0. The van der Waals surface area contributed by atoms with Gasteiger partial charge in [0.15, 0.2) is 0 Å². The van der Waals surface area contributed by atoms with Gasteiger partial charge >= 0.3 is 0 Å². The van der Waals surface area contributed by atoms with Crippen molar-refractivity contribution < 1.29 is 0 Å². The van der Waals surface area contributed by atoms with E-state index in [-0.39, 0.29) is 0 Å². The number of unbranched alkanes of at least 4 members (excludes halogenated alkanes) is 4. The van der Waals surface area contributed by atoms with Crippen LogP contribution in [-0.2, 0) is 0 Å². The van der Waals surface area contributed by atoms with Gasteiger partial charge in [-0.1, -0.05) is 74.7 Å². The van der Waals surface area contributed by atoms with Crippen molar-refractivity contribution in [2.24, 2.45) is 0 Å². The maximum absolute atomic E-state index is 4.70. The molecule has 0 bridgehead atoms. The number of thioether (sulfide) groups is 1. The molecule has 2 heterocycles. The number of fused-ring (bicyclic) bond motifs is 1. The van der Waals surface area contributed by atoms with Crippen molar-refractivity contribution in [1.82, 2.24) is 9.88 Å². The molecule has 0 amide bonds. The van der Waals surface area contributed by atoms with Crippen LogP contribution in [0.4, 0.5) is 0 Å². The molecular weight excluding hydrogens is 336 g/mol. The van der Waals surface area contributed by atoms with Crippen molar-refractivity contribution in [2.45, 2.75) is 46.0 Å². The highest BCUT2D eigenvalue weighted by Gasteiger charge is 2.16. The van der Waals surface area contributed by atoms with Gasteiger partial charge in [0.1, 0.15) is 0 Å². The standard InChI is InChI=1S/C23H28N2S/c1-3-4-5-6-9-17-25-19(2)18-26-23(25)14-10-12-21-16-15-20-11-7-8-13-22(20)24-21/h7-8,10-16,18H,3-6,9,17H2,1-2H3. The van der Waals surface area contributed by atoms with Crippen LogP contribution >= 0.6 is 11.8 Å². The number of hydrogen-bond acceptors (Lipinski definition) is 3. The lowest BCUT2D eigenvalue weighted by molar-refractivity contribution is 0.435. The van der Waals surface area contributed by atoms with E-state index in [2.05, 4.69) is 66.6 Å². The summed E-state index contributed by atoms with van der Waals surface area (Å²) in [6, 6.07) is 12.5. The molecule has 2 aromatic rings. The number of aromatic nitrogens is 1. The van der Waals surface area contributed by atoms with Gasteiger partial charge in [-0.3, -0.25) is 0 Å². The third-order valence-corrected chi connectivity index (χ3v) is 5.71. The molecule has 2 nitrogen and oxygen atoms in total. The van der Waals surface area contributed by atoms with E-state index in [9.17, 15) is 0 Å². The molecule has 0 aliphatic carbocycles. The third kappa shape index (κ3) is 5.01. The van der Waals surface area contributed by atoms with Crippen LogP contribution in [-0.4, -0.2) is 16.4 Å². The van der Waals surface area contributed by atoms with Gasteiger partial charge < -0.3 is 4.90 Å². The fourth-order valence-corrected chi connectivity index (χ4v) is 4.08. The predicted molar refractivity (Wildman–Crippen MR) is 116 cm³/mol. The zero-order valence-electron chi connectivity index (χ0n) is 15.8. The molecular formula is C23H28N2S. The van der Waals surface area contributed by atoms with E-state index in [0.717, 1.165) is 17.8 Å². The minimum Gasteiger partial charge on any atom is -0.339 e. The maximum atomic E-state index is 4.70. The smallest absolute Gasteiger partial charge is 0.0792 e. The molecule has 0 N–H and O–H groups in total. The first kappa shape index (κ1) is 18.8. The van der Waals surface area contributed by atoms with Crippen molar-refractivity contribution in [3.05, 3.63) is 70.4 Å². The van der Waals surface area contributed by atoms with Crippen LogP contribution in [0.3, 0.4) is 0 Å². The van der Waals surface area contributed by atoms with Crippen LogP contribution in [0, 0.1) is 0 Å². The number of rotatable bonds is 8. The van der Waals surface area contributed by atoms with E-state index in [4.69, 9.17) is 4.98 Å². The molecule has 136 valence electrons. The second kappa shape index (κ2) is 9.63. The lowest BCUT2D eigenvalue weighted by Crippen LogP contribution is -2.17. The number of nitrogens with zero attached hydrogens (tertiary/aromatic N) is 2. The van der Waals surface area contributed by atoms with Crippen LogP contribution in [0.25, 0.3) is 17.0 Å².